The maximum absolute atomic E-state index is 5.59. The summed E-state index contributed by atoms with van der Waals surface area (Å²) in [6, 6.07) is 5.95. The molecule has 2 N–H and O–H groups in total. The van der Waals surface area contributed by atoms with Crippen molar-refractivity contribution in [1.29, 1.82) is 0 Å². The van der Waals surface area contributed by atoms with Crippen LogP contribution >= 0.6 is 0 Å². The van der Waals surface area contributed by atoms with Crippen molar-refractivity contribution in [3.05, 3.63) is 29.5 Å². The number of aryl methyl sites for hydroxylation is 1. The predicted molar refractivity (Wildman–Crippen MR) is 72.3 cm³/mol. The van der Waals surface area contributed by atoms with Gasteiger partial charge in [-0.2, -0.15) is 0 Å². The molecule has 2 rings (SSSR count). The highest BCUT2D eigenvalue weighted by molar-refractivity contribution is 5.83. The van der Waals surface area contributed by atoms with Crippen LogP contribution in [0.2, 0.25) is 0 Å². The maximum Gasteiger partial charge on any atom is 0.162 e. The fourth-order valence-electron chi connectivity index (χ4n) is 2.04. The van der Waals surface area contributed by atoms with Gasteiger partial charge in [-0.1, -0.05) is 0 Å². The van der Waals surface area contributed by atoms with E-state index in [9.17, 15) is 0 Å². The van der Waals surface area contributed by atoms with E-state index in [-0.39, 0.29) is 0 Å². The Balaban J connectivity index is 2.62. The van der Waals surface area contributed by atoms with Crippen LogP contribution in [0.3, 0.4) is 0 Å². The van der Waals surface area contributed by atoms with E-state index in [1.807, 2.05) is 19.1 Å². The second kappa shape index (κ2) is 5.23. The molecule has 18 heavy (non-hydrogen) atoms. The number of hydrogen-bond acceptors (Lipinski definition) is 4. The van der Waals surface area contributed by atoms with E-state index in [0.717, 1.165) is 34.3 Å². The molecule has 4 heteroatoms. The fraction of sp³-hybridized carbons (Fsp3) is 0.357. The predicted octanol–water partition coefficient (Wildman–Crippen LogP) is 2.06. The van der Waals surface area contributed by atoms with Crippen LogP contribution in [-0.4, -0.2) is 25.7 Å². The third kappa shape index (κ3) is 2.24. The zero-order chi connectivity index (χ0) is 13.1. The fourth-order valence-corrected chi connectivity index (χ4v) is 2.04. The van der Waals surface area contributed by atoms with Gasteiger partial charge < -0.3 is 15.2 Å². The SMILES string of the molecule is COc1cc2cc(C)c(CCN)nc2cc1OC. The van der Waals surface area contributed by atoms with E-state index in [0.29, 0.717) is 12.3 Å². The van der Waals surface area contributed by atoms with Gasteiger partial charge in [0.2, 0.25) is 0 Å². The summed E-state index contributed by atoms with van der Waals surface area (Å²) in [6.45, 7) is 2.65. The van der Waals surface area contributed by atoms with Gasteiger partial charge in [-0.3, -0.25) is 4.98 Å². The van der Waals surface area contributed by atoms with E-state index in [2.05, 4.69) is 11.1 Å². The summed E-state index contributed by atoms with van der Waals surface area (Å²) < 4.78 is 10.6. The van der Waals surface area contributed by atoms with Crippen molar-refractivity contribution < 1.29 is 9.47 Å². The number of rotatable bonds is 4. The standard InChI is InChI=1S/C14H18N2O2/c1-9-6-10-7-13(17-2)14(18-3)8-12(10)16-11(9)4-5-15/h6-8H,4-5,15H2,1-3H3. The molecule has 1 heterocycles. The van der Waals surface area contributed by atoms with Gasteiger partial charge in [0, 0.05) is 23.6 Å². The number of hydrogen-bond donors (Lipinski definition) is 1. The van der Waals surface area contributed by atoms with Crippen LogP contribution in [0.1, 0.15) is 11.3 Å². The summed E-state index contributed by atoms with van der Waals surface area (Å²) in [4.78, 5) is 4.63. The number of nitrogens with two attached hydrogens (primary N) is 1. The second-order valence-electron chi connectivity index (χ2n) is 4.19. The number of aromatic nitrogens is 1. The number of fused-ring (bicyclic) bond motifs is 1. The minimum absolute atomic E-state index is 0.604. The Labute approximate surface area is 107 Å². The third-order valence-corrected chi connectivity index (χ3v) is 3.00. The summed E-state index contributed by atoms with van der Waals surface area (Å²) in [5, 5.41) is 1.05. The molecule has 0 atom stereocenters. The zero-order valence-corrected chi connectivity index (χ0v) is 11.0. The number of nitrogens with zero attached hydrogens (tertiary/aromatic N) is 1. The van der Waals surface area contributed by atoms with E-state index < -0.39 is 0 Å². The summed E-state index contributed by atoms with van der Waals surface area (Å²) in [5.41, 5.74) is 8.69. The quantitative estimate of drug-likeness (QED) is 0.897. The highest BCUT2D eigenvalue weighted by Crippen LogP contribution is 2.32. The molecule has 0 aliphatic rings. The monoisotopic (exact) mass is 246 g/mol. The molecule has 4 nitrogen and oxygen atoms in total. The molecule has 0 unspecified atom stereocenters. The molecule has 0 saturated carbocycles. The van der Waals surface area contributed by atoms with Gasteiger partial charge in [0.05, 0.1) is 19.7 Å². The minimum atomic E-state index is 0.604. The summed E-state index contributed by atoms with van der Waals surface area (Å²) in [7, 11) is 3.26. The lowest BCUT2D eigenvalue weighted by molar-refractivity contribution is 0.356. The third-order valence-electron chi connectivity index (χ3n) is 3.00. The van der Waals surface area contributed by atoms with Gasteiger partial charge in [-0.25, -0.2) is 0 Å². The van der Waals surface area contributed by atoms with E-state index in [4.69, 9.17) is 15.2 Å². The molecule has 96 valence electrons. The average Bonchev–Trinajstić information content (AvgIpc) is 2.38. The van der Waals surface area contributed by atoms with Crippen molar-refractivity contribution in [2.24, 2.45) is 5.73 Å². The van der Waals surface area contributed by atoms with Gasteiger partial charge in [0.15, 0.2) is 11.5 Å². The minimum Gasteiger partial charge on any atom is -0.493 e. The van der Waals surface area contributed by atoms with Crippen molar-refractivity contribution in [3.8, 4) is 11.5 Å². The Morgan fingerprint density at radius 2 is 1.78 bits per heavy atom. The van der Waals surface area contributed by atoms with Gasteiger partial charge in [-0.05, 0) is 31.2 Å². The highest BCUT2D eigenvalue weighted by Gasteiger charge is 2.09. The highest BCUT2D eigenvalue weighted by atomic mass is 16.5. The molecule has 0 amide bonds. The Kier molecular flexibility index (Phi) is 3.67. The zero-order valence-electron chi connectivity index (χ0n) is 11.0. The van der Waals surface area contributed by atoms with Gasteiger partial charge in [0.25, 0.3) is 0 Å². The molecule has 0 radical (unpaired) electrons. The lowest BCUT2D eigenvalue weighted by Crippen LogP contribution is -2.06. The second-order valence-corrected chi connectivity index (χ2v) is 4.19. The first-order chi connectivity index (χ1) is 8.69. The molecule has 0 fully saturated rings. The Morgan fingerprint density at radius 1 is 1.11 bits per heavy atom. The normalized spacial score (nSPS) is 10.7. The van der Waals surface area contributed by atoms with Crippen LogP contribution < -0.4 is 15.2 Å². The van der Waals surface area contributed by atoms with Crippen molar-refractivity contribution in [2.75, 3.05) is 20.8 Å². The molecule has 0 saturated heterocycles. The van der Waals surface area contributed by atoms with E-state index >= 15 is 0 Å². The van der Waals surface area contributed by atoms with Gasteiger partial charge >= 0.3 is 0 Å². The topological polar surface area (TPSA) is 57.4 Å². The summed E-state index contributed by atoms with van der Waals surface area (Å²) >= 11 is 0. The van der Waals surface area contributed by atoms with Gasteiger partial charge in [0.1, 0.15) is 0 Å². The van der Waals surface area contributed by atoms with Crippen molar-refractivity contribution in [3.63, 3.8) is 0 Å². The summed E-state index contributed by atoms with van der Waals surface area (Å²) in [6.07, 6.45) is 0.788. The largest absolute Gasteiger partial charge is 0.493 e. The van der Waals surface area contributed by atoms with Gasteiger partial charge in [-0.15, -0.1) is 0 Å². The smallest absolute Gasteiger partial charge is 0.162 e. The van der Waals surface area contributed by atoms with E-state index in [1.54, 1.807) is 14.2 Å². The number of benzene rings is 1. The Bertz CT molecular complexity index is 567. The molecular weight excluding hydrogens is 228 g/mol. The maximum atomic E-state index is 5.59. The van der Waals surface area contributed by atoms with Crippen molar-refractivity contribution >= 4 is 10.9 Å². The molecular formula is C14H18N2O2. The molecule has 1 aromatic carbocycles. The first-order valence-corrected chi connectivity index (χ1v) is 5.92. The van der Waals surface area contributed by atoms with Crippen LogP contribution in [0.25, 0.3) is 10.9 Å². The van der Waals surface area contributed by atoms with Crippen LogP contribution in [0.5, 0.6) is 11.5 Å². The van der Waals surface area contributed by atoms with Crippen molar-refractivity contribution in [2.45, 2.75) is 13.3 Å². The molecule has 2 aromatic rings. The molecule has 0 bridgehead atoms. The number of pyridine rings is 1. The Morgan fingerprint density at radius 3 is 2.39 bits per heavy atom. The van der Waals surface area contributed by atoms with Crippen LogP contribution in [-0.2, 0) is 6.42 Å². The van der Waals surface area contributed by atoms with E-state index in [1.165, 1.54) is 0 Å². The lowest BCUT2D eigenvalue weighted by Gasteiger charge is -2.11. The van der Waals surface area contributed by atoms with Crippen LogP contribution in [0, 0.1) is 6.92 Å². The average molecular weight is 246 g/mol. The Hall–Kier alpha value is -1.81. The number of ether oxygens (including phenoxy) is 2. The molecule has 0 aliphatic heterocycles. The summed E-state index contributed by atoms with van der Waals surface area (Å²) in [5.74, 6) is 1.41. The van der Waals surface area contributed by atoms with Crippen LogP contribution in [0.4, 0.5) is 0 Å². The first kappa shape index (κ1) is 12.6. The number of methoxy groups -OCH3 is 2. The van der Waals surface area contributed by atoms with Crippen molar-refractivity contribution in [1.82, 2.24) is 4.98 Å². The lowest BCUT2D eigenvalue weighted by atomic mass is 10.1. The first-order valence-electron chi connectivity index (χ1n) is 5.92. The molecule has 1 aromatic heterocycles. The molecule has 0 aliphatic carbocycles. The van der Waals surface area contributed by atoms with Crippen LogP contribution in [0.15, 0.2) is 18.2 Å². The molecule has 0 spiro atoms.